The minimum atomic E-state index is -0.244. The van der Waals surface area contributed by atoms with E-state index < -0.39 is 0 Å². The monoisotopic (exact) mass is 243 g/mol. The van der Waals surface area contributed by atoms with Crippen LogP contribution in [0.2, 0.25) is 0 Å². The molecule has 1 aromatic rings. The van der Waals surface area contributed by atoms with Crippen LogP contribution in [0.15, 0.2) is 22.8 Å². The van der Waals surface area contributed by atoms with Crippen LogP contribution in [0, 0.1) is 10.1 Å². The molecule has 0 saturated carbocycles. The largest absolute Gasteiger partial charge is 0.468 e. The Morgan fingerprint density at radius 1 is 1.31 bits per heavy atom. The second-order valence-electron chi connectivity index (χ2n) is 3.60. The molecule has 0 spiro atoms. The van der Waals surface area contributed by atoms with E-state index in [1.807, 2.05) is 23.9 Å². The predicted molar refractivity (Wildman–Crippen MR) is 65.2 cm³/mol. The van der Waals surface area contributed by atoms with E-state index >= 15 is 0 Å². The highest BCUT2D eigenvalue weighted by Crippen LogP contribution is 2.14. The normalized spacial score (nSPS) is 10.5. The third kappa shape index (κ3) is 6.50. The molecule has 0 aliphatic rings. The van der Waals surface area contributed by atoms with Crippen LogP contribution in [-0.2, 0) is 5.75 Å². The van der Waals surface area contributed by atoms with E-state index in [1.54, 1.807) is 6.26 Å². The van der Waals surface area contributed by atoms with Gasteiger partial charge in [0, 0.05) is 11.3 Å². The summed E-state index contributed by atoms with van der Waals surface area (Å²) in [5, 5.41) is 10.1. The molecule has 0 aliphatic carbocycles. The van der Waals surface area contributed by atoms with Gasteiger partial charge in [0.15, 0.2) is 0 Å². The fourth-order valence-electron chi connectivity index (χ4n) is 1.37. The van der Waals surface area contributed by atoms with Gasteiger partial charge in [0.25, 0.3) is 0 Å². The zero-order valence-electron chi connectivity index (χ0n) is 9.26. The minimum absolute atomic E-state index is 0.111. The highest BCUT2D eigenvalue weighted by molar-refractivity contribution is 7.98. The molecular weight excluding hydrogens is 226 g/mol. The van der Waals surface area contributed by atoms with Crippen molar-refractivity contribution < 1.29 is 9.34 Å². The summed E-state index contributed by atoms with van der Waals surface area (Å²) in [6, 6.07) is 3.87. The lowest BCUT2D eigenvalue weighted by Gasteiger charge is -1.99. The lowest BCUT2D eigenvalue weighted by Crippen LogP contribution is -1.99. The molecule has 1 aromatic heterocycles. The topological polar surface area (TPSA) is 56.3 Å². The number of thioether (sulfide) groups is 1. The molecule has 90 valence electrons. The van der Waals surface area contributed by atoms with Gasteiger partial charge in [-0.25, -0.2) is 0 Å². The van der Waals surface area contributed by atoms with Crippen LogP contribution in [0.5, 0.6) is 0 Å². The van der Waals surface area contributed by atoms with Crippen LogP contribution in [-0.4, -0.2) is 17.2 Å². The number of hydrogen-bond acceptors (Lipinski definition) is 4. The SMILES string of the molecule is O=[N+]([O-])CCCCCCSCc1ccco1. The number of nitrogens with zero attached hydrogens (tertiary/aromatic N) is 1. The average Bonchev–Trinajstić information content (AvgIpc) is 2.74. The Hall–Kier alpha value is -0.970. The molecule has 0 amide bonds. The molecule has 0 radical (unpaired) electrons. The van der Waals surface area contributed by atoms with Gasteiger partial charge in [-0.2, -0.15) is 11.8 Å². The molecule has 1 heterocycles. The molecule has 1 rings (SSSR count). The Morgan fingerprint density at radius 2 is 2.12 bits per heavy atom. The van der Waals surface area contributed by atoms with Crippen molar-refractivity contribution in [3.8, 4) is 0 Å². The first kappa shape index (κ1) is 13.1. The lowest BCUT2D eigenvalue weighted by atomic mass is 10.2. The summed E-state index contributed by atoms with van der Waals surface area (Å²) < 4.78 is 5.21. The zero-order chi connectivity index (χ0) is 11.6. The van der Waals surface area contributed by atoms with Crippen molar-refractivity contribution in [3.05, 3.63) is 34.3 Å². The quantitative estimate of drug-likeness (QED) is 0.379. The average molecular weight is 243 g/mol. The van der Waals surface area contributed by atoms with Gasteiger partial charge in [-0.1, -0.05) is 6.42 Å². The maximum atomic E-state index is 10.1. The van der Waals surface area contributed by atoms with Crippen molar-refractivity contribution in [1.82, 2.24) is 0 Å². The summed E-state index contributed by atoms with van der Waals surface area (Å²) in [6.07, 6.45) is 5.56. The Balaban J connectivity index is 1.83. The van der Waals surface area contributed by atoms with Crippen molar-refractivity contribution in [2.45, 2.75) is 31.4 Å². The fourth-order valence-corrected chi connectivity index (χ4v) is 2.28. The lowest BCUT2D eigenvalue weighted by molar-refractivity contribution is -0.480. The number of hydrogen-bond donors (Lipinski definition) is 0. The first-order valence-corrected chi connectivity index (χ1v) is 6.66. The van der Waals surface area contributed by atoms with Crippen LogP contribution < -0.4 is 0 Å². The standard InChI is InChI=1S/C11H17NO3S/c13-12(14)7-3-1-2-4-9-16-10-11-6-5-8-15-11/h5-6,8H,1-4,7,9-10H2. The Bertz CT molecular complexity index is 287. The van der Waals surface area contributed by atoms with Gasteiger partial charge >= 0.3 is 0 Å². The first-order chi connectivity index (χ1) is 7.79. The van der Waals surface area contributed by atoms with E-state index in [0.717, 1.165) is 36.5 Å². The molecule has 0 aliphatic heterocycles. The minimum Gasteiger partial charge on any atom is -0.468 e. The maximum absolute atomic E-state index is 10.1. The molecule has 4 nitrogen and oxygen atoms in total. The third-order valence-electron chi connectivity index (χ3n) is 2.20. The van der Waals surface area contributed by atoms with Crippen molar-refractivity contribution in [3.63, 3.8) is 0 Å². The van der Waals surface area contributed by atoms with E-state index in [9.17, 15) is 10.1 Å². The van der Waals surface area contributed by atoms with Gasteiger partial charge in [-0.15, -0.1) is 0 Å². The van der Waals surface area contributed by atoms with E-state index in [2.05, 4.69) is 0 Å². The molecule has 0 unspecified atom stereocenters. The van der Waals surface area contributed by atoms with E-state index in [-0.39, 0.29) is 11.5 Å². The van der Waals surface area contributed by atoms with E-state index in [0.29, 0.717) is 6.42 Å². The van der Waals surface area contributed by atoms with Crippen LogP contribution in [0.4, 0.5) is 0 Å². The van der Waals surface area contributed by atoms with Crippen molar-refractivity contribution in [2.24, 2.45) is 0 Å². The molecule has 0 aromatic carbocycles. The molecule has 16 heavy (non-hydrogen) atoms. The van der Waals surface area contributed by atoms with Gasteiger partial charge in [-0.05, 0) is 30.7 Å². The summed E-state index contributed by atoms with van der Waals surface area (Å²) in [4.78, 5) is 9.81. The predicted octanol–water partition coefficient (Wildman–Crippen LogP) is 3.35. The number of nitro groups is 1. The second-order valence-corrected chi connectivity index (χ2v) is 4.71. The van der Waals surface area contributed by atoms with Gasteiger partial charge in [0.05, 0.1) is 12.0 Å². The van der Waals surface area contributed by atoms with Crippen molar-refractivity contribution in [2.75, 3.05) is 12.3 Å². The summed E-state index contributed by atoms with van der Waals surface area (Å²) in [5.74, 6) is 3.03. The van der Waals surface area contributed by atoms with Crippen LogP contribution >= 0.6 is 11.8 Å². The van der Waals surface area contributed by atoms with E-state index in [4.69, 9.17) is 4.42 Å². The Labute approximate surface area is 99.6 Å². The van der Waals surface area contributed by atoms with Crippen molar-refractivity contribution in [1.29, 1.82) is 0 Å². The smallest absolute Gasteiger partial charge is 0.203 e. The summed E-state index contributed by atoms with van der Waals surface area (Å²) >= 11 is 1.85. The fraction of sp³-hybridized carbons (Fsp3) is 0.636. The number of furan rings is 1. The second kappa shape index (κ2) is 8.21. The molecular formula is C11H17NO3S. The maximum Gasteiger partial charge on any atom is 0.203 e. The molecule has 5 heteroatoms. The van der Waals surface area contributed by atoms with Crippen LogP contribution in [0.1, 0.15) is 31.4 Å². The van der Waals surface area contributed by atoms with Crippen LogP contribution in [0.25, 0.3) is 0 Å². The van der Waals surface area contributed by atoms with Gasteiger partial charge in [-0.3, -0.25) is 10.1 Å². The highest BCUT2D eigenvalue weighted by atomic mass is 32.2. The molecule has 0 atom stereocenters. The Kier molecular flexibility index (Phi) is 6.72. The summed E-state index contributed by atoms with van der Waals surface area (Å²) in [7, 11) is 0. The van der Waals surface area contributed by atoms with E-state index in [1.165, 1.54) is 0 Å². The van der Waals surface area contributed by atoms with Gasteiger partial charge in [0.1, 0.15) is 5.76 Å². The van der Waals surface area contributed by atoms with Gasteiger partial charge in [0.2, 0.25) is 6.54 Å². The Morgan fingerprint density at radius 3 is 2.81 bits per heavy atom. The van der Waals surface area contributed by atoms with Gasteiger partial charge < -0.3 is 4.42 Å². The summed E-state index contributed by atoms with van der Waals surface area (Å²) in [5.41, 5.74) is 0. The molecule has 0 N–H and O–H groups in total. The number of rotatable bonds is 9. The number of unbranched alkanes of at least 4 members (excludes halogenated alkanes) is 3. The van der Waals surface area contributed by atoms with Crippen LogP contribution in [0.3, 0.4) is 0 Å². The third-order valence-corrected chi connectivity index (χ3v) is 3.27. The highest BCUT2D eigenvalue weighted by Gasteiger charge is 1.98. The van der Waals surface area contributed by atoms with Crippen molar-refractivity contribution >= 4 is 11.8 Å². The summed E-state index contributed by atoms with van der Waals surface area (Å²) in [6.45, 7) is 0.111. The zero-order valence-corrected chi connectivity index (χ0v) is 10.1. The molecule has 0 saturated heterocycles. The molecule has 0 bridgehead atoms. The first-order valence-electron chi connectivity index (χ1n) is 5.51. The molecule has 0 fully saturated rings.